The van der Waals surface area contributed by atoms with E-state index in [-0.39, 0.29) is 24.8 Å². The van der Waals surface area contributed by atoms with Crippen molar-refractivity contribution in [3.8, 4) is 0 Å². The van der Waals surface area contributed by atoms with Gasteiger partial charge in [-0.05, 0) is 17.7 Å². The quantitative estimate of drug-likeness (QED) is 0.863. The second-order valence-corrected chi connectivity index (χ2v) is 5.29. The summed E-state index contributed by atoms with van der Waals surface area (Å²) in [5.74, 6) is 0. The summed E-state index contributed by atoms with van der Waals surface area (Å²) in [5.41, 5.74) is 8.95. The Balaban J connectivity index is 0.00000121. The van der Waals surface area contributed by atoms with E-state index in [1.165, 1.54) is 5.56 Å². The third-order valence-electron chi connectivity index (χ3n) is 3.70. The Morgan fingerprint density at radius 2 is 1.68 bits per heavy atom. The second kappa shape index (κ2) is 9.00. The van der Waals surface area contributed by atoms with E-state index in [0.29, 0.717) is 0 Å². The van der Waals surface area contributed by atoms with Crippen LogP contribution >= 0.6 is 24.8 Å². The van der Waals surface area contributed by atoms with Crippen LogP contribution in [0.1, 0.15) is 11.3 Å². The lowest BCUT2D eigenvalue weighted by Gasteiger charge is -2.34. The molecule has 0 bridgehead atoms. The standard InChI is InChI=1S/C15H20N4O.2ClH/c16-14-3-1-2-13(10-14)11-18-5-7-19(8-6-18)12-15-4-9-20-17-15;;/h1-4,9-10H,5-8,11-12,16H2;2*1H. The first kappa shape index (κ1) is 18.8. The van der Waals surface area contributed by atoms with E-state index in [9.17, 15) is 0 Å². The molecule has 2 aromatic rings. The number of hydrogen-bond donors (Lipinski definition) is 1. The predicted octanol–water partition coefficient (Wildman–Crippen LogP) is 2.42. The van der Waals surface area contributed by atoms with Gasteiger partial charge in [0.05, 0.1) is 5.69 Å². The molecule has 3 rings (SSSR count). The number of piperazine rings is 1. The summed E-state index contributed by atoms with van der Waals surface area (Å²) in [6.07, 6.45) is 1.63. The zero-order chi connectivity index (χ0) is 13.8. The lowest BCUT2D eigenvalue weighted by atomic mass is 10.1. The van der Waals surface area contributed by atoms with Crippen molar-refractivity contribution in [2.75, 3.05) is 31.9 Å². The maximum absolute atomic E-state index is 5.82. The molecule has 2 heterocycles. The highest BCUT2D eigenvalue weighted by atomic mass is 35.5. The van der Waals surface area contributed by atoms with Gasteiger partial charge in [-0.25, -0.2) is 0 Å². The maximum Gasteiger partial charge on any atom is 0.124 e. The van der Waals surface area contributed by atoms with Crippen molar-refractivity contribution in [1.29, 1.82) is 0 Å². The molecule has 1 aromatic heterocycles. The van der Waals surface area contributed by atoms with E-state index in [1.807, 2.05) is 18.2 Å². The number of halogens is 2. The fraction of sp³-hybridized carbons (Fsp3) is 0.400. The van der Waals surface area contributed by atoms with Crippen LogP contribution in [0.4, 0.5) is 5.69 Å². The molecule has 1 aromatic carbocycles. The summed E-state index contributed by atoms with van der Waals surface area (Å²) >= 11 is 0. The Kier molecular flexibility index (Phi) is 7.68. The number of nitrogens with zero attached hydrogens (tertiary/aromatic N) is 3. The molecule has 0 atom stereocenters. The van der Waals surface area contributed by atoms with Crippen LogP contribution in [0.25, 0.3) is 0 Å². The highest BCUT2D eigenvalue weighted by molar-refractivity contribution is 5.85. The summed E-state index contributed by atoms with van der Waals surface area (Å²) in [7, 11) is 0. The largest absolute Gasteiger partial charge is 0.399 e. The molecule has 5 nitrogen and oxygen atoms in total. The Morgan fingerprint density at radius 3 is 2.27 bits per heavy atom. The summed E-state index contributed by atoms with van der Waals surface area (Å²) in [5, 5.41) is 3.96. The van der Waals surface area contributed by atoms with Gasteiger partial charge in [-0.1, -0.05) is 17.3 Å². The minimum atomic E-state index is 0. The van der Waals surface area contributed by atoms with Crippen molar-refractivity contribution in [2.45, 2.75) is 13.1 Å². The van der Waals surface area contributed by atoms with E-state index in [2.05, 4.69) is 27.1 Å². The van der Waals surface area contributed by atoms with Gasteiger partial charge in [-0.2, -0.15) is 0 Å². The molecular formula is C15H22Cl2N4O. The summed E-state index contributed by atoms with van der Waals surface area (Å²) in [6.45, 7) is 6.13. The summed E-state index contributed by atoms with van der Waals surface area (Å²) < 4.78 is 4.87. The van der Waals surface area contributed by atoms with Crippen molar-refractivity contribution in [1.82, 2.24) is 15.0 Å². The predicted molar refractivity (Wildman–Crippen MR) is 92.4 cm³/mol. The van der Waals surface area contributed by atoms with Crippen molar-refractivity contribution in [3.05, 3.63) is 47.9 Å². The number of benzene rings is 1. The molecule has 0 aliphatic carbocycles. The molecule has 122 valence electrons. The molecule has 2 N–H and O–H groups in total. The minimum absolute atomic E-state index is 0. The molecule has 0 amide bonds. The fourth-order valence-electron chi connectivity index (χ4n) is 2.60. The van der Waals surface area contributed by atoms with Crippen LogP contribution in [0, 0.1) is 0 Å². The molecule has 1 fully saturated rings. The minimum Gasteiger partial charge on any atom is -0.399 e. The first-order valence-corrected chi connectivity index (χ1v) is 6.98. The van der Waals surface area contributed by atoms with Gasteiger partial charge in [0, 0.05) is 51.0 Å². The van der Waals surface area contributed by atoms with Gasteiger partial charge in [0.1, 0.15) is 6.26 Å². The van der Waals surface area contributed by atoms with Gasteiger partial charge in [0.15, 0.2) is 0 Å². The monoisotopic (exact) mass is 344 g/mol. The van der Waals surface area contributed by atoms with Crippen molar-refractivity contribution in [2.24, 2.45) is 0 Å². The highest BCUT2D eigenvalue weighted by Crippen LogP contribution is 2.12. The smallest absolute Gasteiger partial charge is 0.124 e. The third-order valence-corrected chi connectivity index (χ3v) is 3.70. The number of rotatable bonds is 4. The number of hydrogen-bond acceptors (Lipinski definition) is 5. The lowest BCUT2D eigenvalue weighted by molar-refractivity contribution is 0.120. The van der Waals surface area contributed by atoms with Crippen LogP contribution in [0.3, 0.4) is 0 Å². The van der Waals surface area contributed by atoms with Crippen molar-refractivity contribution < 1.29 is 4.52 Å². The van der Waals surface area contributed by atoms with Crippen LogP contribution in [0.2, 0.25) is 0 Å². The van der Waals surface area contributed by atoms with Gasteiger partial charge in [-0.15, -0.1) is 24.8 Å². The third kappa shape index (κ3) is 5.18. The van der Waals surface area contributed by atoms with E-state index >= 15 is 0 Å². The fourth-order valence-corrected chi connectivity index (χ4v) is 2.60. The molecule has 0 unspecified atom stereocenters. The van der Waals surface area contributed by atoms with Gasteiger partial charge < -0.3 is 10.3 Å². The number of nitrogens with two attached hydrogens (primary N) is 1. The van der Waals surface area contributed by atoms with Crippen LogP contribution in [-0.2, 0) is 13.1 Å². The van der Waals surface area contributed by atoms with Crippen molar-refractivity contribution in [3.63, 3.8) is 0 Å². The molecule has 22 heavy (non-hydrogen) atoms. The van der Waals surface area contributed by atoms with E-state index in [1.54, 1.807) is 6.26 Å². The van der Waals surface area contributed by atoms with Gasteiger partial charge in [0.25, 0.3) is 0 Å². The Morgan fingerprint density at radius 1 is 1.00 bits per heavy atom. The maximum atomic E-state index is 5.82. The van der Waals surface area contributed by atoms with Gasteiger partial charge >= 0.3 is 0 Å². The Hall–Kier alpha value is -1.27. The normalized spacial score (nSPS) is 15.8. The number of nitrogen functional groups attached to an aromatic ring is 1. The number of anilines is 1. The van der Waals surface area contributed by atoms with Crippen LogP contribution in [0.15, 0.2) is 41.1 Å². The van der Waals surface area contributed by atoms with Gasteiger partial charge in [0.2, 0.25) is 0 Å². The summed E-state index contributed by atoms with van der Waals surface area (Å²) in [4.78, 5) is 4.88. The van der Waals surface area contributed by atoms with E-state index < -0.39 is 0 Å². The molecule has 1 aliphatic rings. The van der Waals surface area contributed by atoms with E-state index in [0.717, 1.165) is 50.6 Å². The lowest BCUT2D eigenvalue weighted by Crippen LogP contribution is -2.45. The van der Waals surface area contributed by atoms with Crippen LogP contribution in [-0.4, -0.2) is 41.1 Å². The molecule has 0 saturated carbocycles. The molecule has 0 radical (unpaired) electrons. The topological polar surface area (TPSA) is 58.5 Å². The Labute approximate surface area is 143 Å². The average molecular weight is 345 g/mol. The second-order valence-electron chi connectivity index (χ2n) is 5.29. The molecular weight excluding hydrogens is 323 g/mol. The van der Waals surface area contributed by atoms with Crippen LogP contribution < -0.4 is 5.73 Å². The molecule has 7 heteroatoms. The van der Waals surface area contributed by atoms with Gasteiger partial charge in [-0.3, -0.25) is 9.80 Å². The zero-order valence-corrected chi connectivity index (χ0v) is 14.0. The number of aromatic nitrogens is 1. The van der Waals surface area contributed by atoms with Crippen molar-refractivity contribution >= 4 is 30.5 Å². The zero-order valence-electron chi connectivity index (χ0n) is 12.4. The first-order valence-electron chi connectivity index (χ1n) is 6.98. The van der Waals surface area contributed by atoms with Crippen LogP contribution in [0.5, 0.6) is 0 Å². The first-order chi connectivity index (χ1) is 9.79. The Bertz CT molecular complexity index is 542. The van der Waals surface area contributed by atoms with E-state index in [4.69, 9.17) is 10.3 Å². The molecule has 1 saturated heterocycles. The SMILES string of the molecule is Cl.Cl.Nc1cccc(CN2CCN(Cc3ccon3)CC2)c1. The summed E-state index contributed by atoms with van der Waals surface area (Å²) in [6, 6.07) is 10.1. The highest BCUT2D eigenvalue weighted by Gasteiger charge is 2.17. The molecule has 0 spiro atoms. The average Bonchev–Trinajstić information content (AvgIpc) is 2.94. The molecule has 1 aliphatic heterocycles.